The maximum absolute atomic E-state index is 5.72. The Morgan fingerprint density at radius 1 is 1.56 bits per heavy atom. The summed E-state index contributed by atoms with van der Waals surface area (Å²) >= 11 is 0. The van der Waals surface area contributed by atoms with Crippen LogP contribution in [0.2, 0.25) is 0 Å². The van der Waals surface area contributed by atoms with Crippen molar-refractivity contribution in [2.24, 2.45) is 5.92 Å². The molecule has 1 fully saturated rings. The van der Waals surface area contributed by atoms with Crippen LogP contribution in [0.25, 0.3) is 0 Å². The van der Waals surface area contributed by atoms with Gasteiger partial charge in [0.05, 0.1) is 17.5 Å². The van der Waals surface area contributed by atoms with Crippen molar-refractivity contribution >= 4 is 11.5 Å². The molecule has 0 aromatic carbocycles. The number of nitrogen functional groups attached to an aromatic ring is 1. The van der Waals surface area contributed by atoms with E-state index in [1.807, 2.05) is 19.1 Å². The van der Waals surface area contributed by atoms with Crippen molar-refractivity contribution in [1.29, 1.82) is 0 Å². The number of nitrogens with zero attached hydrogens (tertiary/aromatic N) is 1. The van der Waals surface area contributed by atoms with Crippen molar-refractivity contribution in [3.8, 4) is 0 Å². The van der Waals surface area contributed by atoms with Gasteiger partial charge in [0, 0.05) is 19.1 Å². The standard InChI is InChI=1S/C12H19N3O/c1-8-11(13)3-4-12(15-8)14-7-10-5-6-16-9(10)2/h3-4,9-10H,5-7,13H2,1-2H3,(H,14,15). The number of nitrogens with one attached hydrogen (secondary N) is 1. The minimum atomic E-state index is 0.349. The summed E-state index contributed by atoms with van der Waals surface area (Å²) in [6.45, 7) is 5.84. The molecule has 0 saturated carbocycles. The minimum Gasteiger partial charge on any atom is -0.397 e. The van der Waals surface area contributed by atoms with Gasteiger partial charge in [-0.25, -0.2) is 4.98 Å². The third-order valence-corrected chi connectivity index (χ3v) is 3.21. The van der Waals surface area contributed by atoms with E-state index in [1.54, 1.807) is 0 Å². The molecule has 1 aromatic rings. The van der Waals surface area contributed by atoms with E-state index in [9.17, 15) is 0 Å². The highest BCUT2D eigenvalue weighted by Crippen LogP contribution is 2.21. The third kappa shape index (κ3) is 2.44. The Balaban J connectivity index is 1.91. The normalized spacial score (nSPS) is 24.6. The number of hydrogen-bond donors (Lipinski definition) is 2. The van der Waals surface area contributed by atoms with Crippen LogP contribution < -0.4 is 11.1 Å². The van der Waals surface area contributed by atoms with Crippen LogP contribution in [0.15, 0.2) is 12.1 Å². The highest BCUT2D eigenvalue weighted by molar-refractivity contribution is 5.49. The van der Waals surface area contributed by atoms with Crippen LogP contribution in [0.4, 0.5) is 11.5 Å². The first-order valence-electron chi connectivity index (χ1n) is 5.75. The predicted octanol–water partition coefficient (Wildman–Crippen LogP) is 1.81. The highest BCUT2D eigenvalue weighted by Gasteiger charge is 2.23. The average Bonchev–Trinajstić information content (AvgIpc) is 2.66. The molecule has 16 heavy (non-hydrogen) atoms. The zero-order valence-corrected chi connectivity index (χ0v) is 9.86. The number of anilines is 2. The monoisotopic (exact) mass is 221 g/mol. The molecule has 2 rings (SSSR count). The van der Waals surface area contributed by atoms with E-state index in [0.29, 0.717) is 12.0 Å². The van der Waals surface area contributed by atoms with Crippen LogP contribution in [0.3, 0.4) is 0 Å². The molecule has 0 radical (unpaired) electrons. The van der Waals surface area contributed by atoms with Crippen molar-refractivity contribution < 1.29 is 4.74 Å². The van der Waals surface area contributed by atoms with Crippen LogP contribution in [-0.4, -0.2) is 24.2 Å². The van der Waals surface area contributed by atoms with Gasteiger partial charge in [0.2, 0.25) is 0 Å². The zero-order valence-electron chi connectivity index (χ0n) is 9.86. The number of aromatic nitrogens is 1. The molecular formula is C12H19N3O. The number of nitrogens with two attached hydrogens (primary N) is 1. The second-order valence-corrected chi connectivity index (χ2v) is 4.38. The van der Waals surface area contributed by atoms with Crippen LogP contribution in [0, 0.1) is 12.8 Å². The van der Waals surface area contributed by atoms with Gasteiger partial charge in [0.1, 0.15) is 5.82 Å². The van der Waals surface area contributed by atoms with Gasteiger partial charge in [0.15, 0.2) is 0 Å². The second-order valence-electron chi connectivity index (χ2n) is 4.38. The molecule has 2 heterocycles. The molecule has 0 bridgehead atoms. The second kappa shape index (κ2) is 4.70. The molecule has 4 heteroatoms. The minimum absolute atomic E-state index is 0.349. The Kier molecular flexibility index (Phi) is 3.29. The quantitative estimate of drug-likeness (QED) is 0.817. The molecule has 0 spiro atoms. The highest BCUT2D eigenvalue weighted by atomic mass is 16.5. The lowest BCUT2D eigenvalue weighted by molar-refractivity contribution is 0.108. The molecule has 2 unspecified atom stereocenters. The first-order chi connectivity index (χ1) is 7.66. The van der Waals surface area contributed by atoms with E-state index >= 15 is 0 Å². The molecule has 1 aliphatic heterocycles. The fourth-order valence-electron chi connectivity index (χ4n) is 1.95. The number of pyridine rings is 1. The van der Waals surface area contributed by atoms with Gasteiger partial charge < -0.3 is 15.8 Å². The number of rotatable bonds is 3. The SMILES string of the molecule is Cc1nc(NCC2CCOC2C)ccc1N. The van der Waals surface area contributed by atoms with Crippen molar-refractivity contribution in [3.05, 3.63) is 17.8 Å². The van der Waals surface area contributed by atoms with Crippen molar-refractivity contribution in [2.45, 2.75) is 26.4 Å². The molecule has 0 aliphatic carbocycles. The number of hydrogen-bond acceptors (Lipinski definition) is 4. The fraction of sp³-hybridized carbons (Fsp3) is 0.583. The maximum atomic E-state index is 5.72. The number of ether oxygens (including phenoxy) is 1. The van der Waals surface area contributed by atoms with E-state index in [-0.39, 0.29) is 0 Å². The van der Waals surface area contributed by atoms with Gasteiger partial charge in [-0.1, -0.05) is 0 Å². The van der Waals surface area contributed by atoms with Gasteiger partial charge in [-0.15, -0.1) is 0 Å². The summed E-state index contributed by atoms with van der Waals surface area (Å²) in [6, 6.07) is 3.81. The summed E-state index contributed by atoms with van der Waals surface area (Å²) in [6.07, 6.45) is 1.48. The summed E-state index contributed by atoms with van der Waals surface area (Å²) in [5.41, 5.74) is 7.33. The molecular weight excluding hydrogens is 202 g/mol. The Labute approximate surface area is 96.2 Å². The van der Waals surface area contributed by atoms with E-state index in [2.05, 4.69) is 17.2 Å². The average molecular weight is 221 g/mol. The molecule has 0 amide bonds. The zero-order chi connectivity index (χ0) is 11.5. The Hall–Kier alpha value is -1.29. The van der Waals surface area contributed by atoms with Gasteiger partial charge in [-0.2, -0.15) is 0 Å². The molecule has 4 nitrogen and oxygen atoms in total. The molecule has 1 aromatic heterocycles. The van der Waals surface area contributed by atoms with Crippen LogP contribution in [-0.2, 0) is 4.74 Å². The number of aryl methyl sites for hydroxylation is 1. The van der Waals surface area contributed by atoms with Gasteiger partial charge >= 0.3 is 0 Å². The van der Waals surface area contributed by atoms with Crippen LogP contribution in [0.1, 0.15) is 19.0 Å². The maximum Gasteiger partial charge on any atom is 0.126 e. The van der Waals surface area contributed by atoms with Crippen molar-refractivity contribution in [3.63, 3.8) is 0 Å². The summed E-state index contributed by atoms with van der Waals surface area (Å²) < 4.78 is 5.52. The van der Waals surface area contributed by atoms with Crippen LogP contribution >= 0.6 is 0 Å². The lowest BCUT2D eigenvalue weighted by atomic mass is 10.0. The first kappa shape index (κ1) is 11.2. The van der Waals surface area contributed by atoms with Gasteiger partial charge in [0.25, 0.3) is 0 Å². The Morgan fingerprint density at radius 3 is 3.00 bits per heavy atom. The van der Waals surface area contributed by atoms with E-state index < -0.39 is 0 Å². The summed E-state index contributed by atoms with van der Waals surface area (Å²) in [5.74, 6) is 1.48. The van der Waals surface area contributed by atoms with Gasteiger partial charge in [-0.3, -0.25) is 0 Å². The summed E-state index contributed by atoms with van der Waals surface area (Å²) in [7, 11) is 0. The van der Waals surface area contributed by atoms with E-state index in [0.717, 1.165) is 36.8 Å². The van der Waals surface area contributed by atoms with Crippen LogP contribution in [0.5, 0.6) is 0 Å². The third-order valence-electron chi connectivity index (χ3n) is 3.21. The molecule has 3 N–H and O–H groups in total. The fourth-order valence-corrected chi connectivity index (χ4v) is 1.95. The smallest absolute Gasteiger partial charge is 0.126 e. The molecule has 2 atom stereocenters. The van der Waals surface area contributed by atoms with Crippen molar-refractivity contribution in [2.75, 3.05) is 24.2 Å². The summed E-state index contributed by atoms with van der Waals surface area (Å²) in [5, 5.41) is 3.34. The lowest BCUT2D eigenvalue weighted by Gasteiger charge is -2.15. The van der Waals surface area contributed by atoms with Gasteiger partial charge in [-0.05, 0) is 32.4 Å². The summed E-state index contributed by atoms with van der Waals surface area (Å²) in [4.78, 5) is 4.38. The van der Waals surface area contributed by atoms with E-state index in [4.69, 9.17) is 10.5 Å². The molecule has 1 aliphatic rings. The van der Waals surface area contributed by atoms with Crippen molar-refractivity contribution in [1.82, 2.24) is 4.98 Å². The predicted molar refractivity (Wildman–Crippen MR) is 65.4 cm³/mol. The lowest BCUT2D eigenvalue weighted by Crippen LogP contribution is -2.21. The largest absolute Gasteiger partial charge is 0.397 e. The van der Waals surface area contributed by atoms with E-state index in [1.165, 1.54) is 0 Å². The first-order valence-corrected chi connectivity index (χ1v) is 5.75. The Morgan fingerprint density at radius 2 is 2.38 bits per heavy atom. The topological polar surface area (TPSA) is 60.2 Å². The molecule has 88 valence electrons. The molecule has 1 saturated heterocycles. The Bertz CT molecular complexity index is 367.